The summed E-state index contributed by atoms with van der Waals surface area (Å²) in [6.07, 6.45) is 16.1. The van der Waals surface area contributed by atoms with Crippen LogP contribution in [0.5, 0.6) is 0 Å². The van der Waals surface area contributed by atoms with Crippen LogP contribution < -0.4 is 0 Å². The van der Waals surface area contributed by atoms with Crippen molar-refractivity contribution < 1.29 is 38.5 Å². The van der Waals surface area contributed by atoms with Gasteiger partial charge in [-0.2, -0.15) is 0 Å². The summed E-state index contributed by atoms with van der Waals surface area (Å²) in [6, 6.07) is 0. The maximum Gasteiger partial charge on any atom is 0.379 e. The molecule has 0 spiro atoms. The molecule has 1 unspecified atom stereocenters. The van der Waals surface area contributed by atoms with Gasteiger partial charge in [0.25, 0.3) is 5.78 Å². The molecule has 0 aromatic rings. The summed E-state index contributed by atoms with van der Waals surface area (Å²) in [7, 11) is 0. The molecule has 38 heavy (non-hydrogen) atoms. The maximum atomic E-state index is 12.3. The van der Waals surface area contributed by atoms with Crippen LogP contribution in [0.2, 0.25) is 0 Å². The molecule has 0 bridgehead atoms. The summed E-state index contributed by atoms with van der Waals surface area (Å²) in [6.45, 7) is 3.74. The van der Waals surface area contributed by atoms with E-state index in [1.165, 1.54) is 64.2 Å². The number of ketones is 1. The molecule has 0 aliphatic carbocycles. The van der Waals surface area contributed by atoms with E-state index in [1.54, 1.807) is 0 Å². The highest BCUT2D eigenvalue weighted by Gasteiger charge is 2.51. The van der Waals surface area contributed by atoms with E-state index in [-0.39, 0.29) is 12.8 Å². The number of hydrogen-bond donors (Lipinski definition) is 1. The lowest BCUT2D eigenvalue weighted by Crippen LogP contribution is -2.44. The highest BCUT2D eigenvalue weighted by Crippen LogP contribution is 2.23. The molecular weight excluding hydrogens is 488 g/mol. The van der Waals surface area contributed by atoms with E-state index in [2.05, 4.69) is 13.8 Å². The molecule has 0 aromatic carbocycles. The molecule has 0 amide bonds. The largest absolute Gasteiger partial charge is 0.456 e. The molecule has 0 aromatic heterocycles. The van der Waals surface area contributed by atoms with Gasteiger partial charge in [-0.05, 0) is 12.8 Å². The topological polar surface area (TPSA) is 116 Å². The Kier molecular flexibility index (Phi) is 19.6. The van der Waals surface area contributed by atoms with Crippen LogP contribution in [0.4, 0.5) is 0 Å². The molecule has 1 saturated heterocycles. The van der Waals surface area contributed by atoms with Gasteiger partial charge < -0.3 is 19.3 Å². The Morgan fingerprint density at radius 2 is 1.13 bits per heavy atom. The minimum Gasteiger partial charge on any atom is -0.456 e. The van der Waals surface area contributed by atoms with E-state index in [0.29, 0.717) is 12.8 Å². The molecule has 8 heteroatoms. The third-order valence-corrected chi connectivity index (χ3v) is 7.06. The Hall–Kier alpha value is -1.96. The summed E-state index contributed by atoms with van der Waals surface area (Å²) in [5.74, 6) is -3.29. The van der Waals surface area contributed by atoms with Gasteiger partial charge in [-0.1, -0.05) is 117 Å². The standard InChI is InChI=1S/C30H52O8/c1-3-5-7-9-11-13-15-17-19-21-25(32)36-24(23-31)28-29(27(34)30(35)38-28)37-26(33)22-20-18-16-14-12-10-8-6-4-2/h24,28-29,31H,3-23H2,1-2H3/t24-,28+,29?/m0/s1. The number of carbonyl (C=O) groups is 4. The van der Waals surface area contributed by atoms with Crippen molar-refractivity contribution in [1.29, 1.82) is 0 Å². The van der Waals surface area contributed by atoms with Crippen molar-refractivity contribution in [3.05, 3.63) is 0 Å². The molecule has 8 nitrogen and oxygen atoms in total. The number of unbranched alkanes of at least 4 members (excludes halogenated alkanes) is 16. The minimum atomic E-state index is -1.51. The van der Waals surface area contributed by atoms with Gasteiger partial charge in [-0.15, -0.1) is 0 Å². The fourth-order valence-electron chi connectivity index (χ4n) is 4.70. The zero-order valence-electron chi connectivity index (χ0n) is 23.9. The smallest absolute Gasteiger partial charge is 0.379 e. The van der Waals surface area contributed by atoms with E-state index >= 15 is 0 Å². The molecule has 1 N–H and O–H groups in total. The molecule has 1 aliphatic heterocycles. The van der Waals surface area contributed by atoms with E-state index in [4.69, 9.17) is 14.2 Å². The average molecular weight is 541 g/mol. The predicted octanol–water partition coefficient (Wildman–Crippen LogP) is 6.14. The lowest BCUT2D eigenvalue weighted by molar-refractivity contribution is -0.173. The van der Waals surface area contributed by atoms with Gasteiger partial charge in [0.05, 0.1) is 6.61 Å². The van der Waals surface area contributed by atoms with E-state index in [1.807, 2.05) is 0 Å². The molecule has 1 rings (SSSR count). The predicted molar refractivity (Wildman–Crippen MR) is 145 cm³/mol. The molecule has 1 heterocycles. The Morgan fingerprint density at radius 1 is 0.711 bits per heavy atom. The maximum absolute atomic E-state index is 12.3. The van der Waals surface area contributed by atoms with E-state index in [9.17, 15) is 24.3 Å². The quantitative estimate of drug-likeness (QED) is 0.0672. The van der Waals surface area contributed by atoms with Crippen LogP contribution in [0.3, 0.4) is 0 Å². The van der Waals surface area contributed by atoms with Crippen LogP contribution in [0.15, 0.2) is 0 Å². The summed E-state index contributed by atoms with van der Waals surface area (Å²) < 4.78 is 15.6. The number of cyclic esters (lactones) is 1. The molecule has 1 aliphatic rings. The van der Waals surface area contributed by atoms with Gasteiger partial charge in [-0.3, -0.25) is 14.4 Å². The lowest BCUT2D eigenvalue weighted by Gasteiger charge is -2.24. The van der Waals surface area contributed by atoms with Gasteiger partial charge in [-0.25, -0.2) is 4.79 Å². The van der Waals surface area contributed by atoms with E-state index in [0.717, 1.165) is 38.5 Å². The second-order valence-corrected chi connectivity index (χ2v) is 10.5. The third-order valence-electron chi connectivity index (χ3n) is 7.06. The number of aliphatic hydroxyl groups excluding tert-OH is 1. The van der Waals surface area contributed by atoms with Crippen LogP contribution in [-0.2, 0) is 33.4 Å². The first-order chi connectivity index (χ1) is 18.4. The Morgan fingerprint density at radius 3 is 1.58 bits per heavy atom. The summed E-state index contributed by atoms with van der Waals surface area (Å²) in [4.78, 5) is 48.8. The number of Topliss-reactive ketones (excluding diaryl/α,β-unsaturated/α-hetero) is 1. The van der Waals surface area contributed by atoms with Crippen molar-refractivity contribution in [3.8, 4) is 0 Å². The Balaban J connectivity index is 2.34. The second kappa shape index (κ2) is 21.9. The van der Waals surface area contributed by atoms with Gasteiger partial charge in [0, 0.05) is 12.8 Å². The molecule has 1 fully saturated rings. The molecule has 0 radical (unpaired) electrons. The minimum absolute atomic E-state index is 0.128. The Labute approximate surface area is 229 Å². The molecule has 0 saturated carbocycles. The van der Waals surface area contributed by atoms with Crippen molar-refractivity contribution in [2.45, 2.75) is 161 Å². The van der Waals surface area contributed by atoms with Crippen molar-refractivity contribution >= 4 is 23.7 Å². The van der Waals surface area contributed by atoms with Crippen molar-refractivity contribution in [1.82, 2.24) is 0 Å². The Bertz CT molecular complexity index is 677. The number of esters is 3. The third kappa shape index (κ3) is 14.8. The number of carbonyl (C=O) groups excluding carboxylic acids is 4. The van der Waals surface area contributed by atoms with Gasteiger partial charge in [0.1, 0.15) is 0 Å². The fourth-order valence-corrected chi connectivity index (χ4v) is 4.70. The van der Waals surface area contributed by atoms with Crippen LogP contribution in [0.1, 0.15) is 142 Å². The first-order valence-corrected chi connectivity index (χ1v) is 15.2. The average Bonchev–Trinajstić information content (AvgIpc) is 3.18. The lowest BCUT2D eigenvalue weighted by atomic mass is 10.1. The normalized spacial score (nSPS) is 17.9. The molecular formula is C30H52O8. The van der Waals surface area contributed by atoms with Crippen LogP contribution >= 0.6 is 0 Å². The van der Waals surface area contributed by atoms with Gasteiger partial charge in [0.2, 0.25) is 6.10 Å². The van der Waals surface area contributed by atoms with Crippen LogP contribution in [0, 0.1) is 0 Å². The van der Waals surface area contributed by atoms with Crippen molar-refractivity contribution in [2.75, 3.05) is 6.61 Å². The highest BCUT2D eigenvalue weighted by atomic mass is 16.6. The summed E-state index contributed by atoms with van der Waals surface area (Å²) >= 11 is 0. The van der Waals surface area contributed by atoms with Gasteiger partial charge >= 0.3 is 17.9 Å². The number of hydrogen-bond acceptors (Lipinski definition) is 8. The number of aliphatic hydroxyl groups is 1. The fraction of sp³-hybridized carbons (Fsp3) is 0.867. The number of rotatable bonds is 24. The van der Waals surface area contributed by atoms with Crippen molar-refractivity contribution in [2.24, 2.45) is 0 Å². The molecule has 220 valence electrons. The zero-order chi connectivity index (χ0) is 28.0. The van der Waals surface area contributed by atoms with E-state index < -0.39 is 48.6 Å². The van der Waals surface area contributed by atoms with Crippen LogP contribution in [0.25, 0.3) is 0 Å². The highest BCUT2D eigenvalue weighted by molar-refractivity contribution is 6.37. The first-order valence-electron chi connectivity index (χ1n) is 15.2. The van der Waals surface area contributed by atoms with Crippen LogP contribution in [-0.4, -0.2) is 53.7 Å². The summed E-state index contributed by atoms with van der Waals surface area (Å²) in [5.41, 5.74) is 0. The first kappa shape index (κ1) is 34.1. The summed E-state index contributed by atoms with van der Waals surface area (Å²) in [5, 5.41) is 9.76. The zero-order valence-corrected chi connectivity index (χ0v) is 23.9. The number of ether oxygens (including phenoxy) is 3. The molecule has 3 atom stereocenters. The SMILES string of the molecule is CCCCCCCCCCCC(=O)OC1C(=O)C(=O)O[C@@H]1[C@H](CO)OC(=O)CCCCCCCCCCC. The second-order valence-electron chi connectivity index (χ2n) is 10.5. The monoisotopic (exact) mass is 540 g/mol. The van der Waals surface area contributed by atoms with Crippen molar-refractivity contribution in [3.63, 3.8) is 0 Å². The van der Waals surface area contributed by atoms with Gasteiger partial charge in [0.15, 0.2) is 12.2 Å².